The highest BCUT2D eigenvalue weighted by atomic mass is 32.1. The van der Waals surface area contributed by atoms with Crippen molar-refractivity contribution < 1.29 is 9.53 Å². The van der Waals surface area contributed by atoms with Gasteiger partial charge in [-0.2, -0.15) is 0 Å². The van der Waals surface area contributed by atoms with Crippen molar-refractivity contribution in [3.63, 3.8) is 0 Å². The number of hydrogen-bond acceptors (Lipinski definition) is 5. The van der Waals surface area contributed by atoms with Gasteiger partial charge in [-0.3, -0.25) is 4.79 Å². The molecular weight excluding hydrogens is 272 g/mol. The number of ketones is 1. The Morgan fingerprint density at radius 3 is 2.60 bits per heavy atom. The molecule has 0 atom stereocenters. The van der Waals surface area contributed by atoms with E-state index in [1.165, 1.54) is 11.5 Å². The molecule has 0 aliphatic rings. The SMILES string of the molecule is CCCOc1ccc(C(=O)c2snnc2CCC)cc1. The topological polar surface area (TPSA) is 52.1 Å². The summed E-state index contributed by atoms with van der Waals surface area (Å²) in [7, 11) is 0. The number of nitrogens with zero attached hydrogens (tertiary/aromatic N) is 2. The van der Waals surface area contributed by atoms with Gasteiger partial charge in [0.15, 0.2) is 0 Å². The fraction of sp³-hybridized carbons (Fsp3) is 0.400. The molecule has 0 bridgehead atoms. The van der Waals surface area contributed by atoms with Crippen LogP contribution in [0, 0.1) is 0 Å². The molecule has 1 aromatic carbocycles. The molecule has 0 saturated carbocycles. The highest BCUT2D eigenvalue weighted by Crippen LogP contribution is 2.20. The molecule has 0 amide bonds. The molecule has 1 aromatic heterocycles. The van der Waals surface area contributed by atoms with E-state index < -0.39 is 0 Å². The van der Waals surface area contributed by atoms with Gasteiger partial charge in [0, 0.05) is 5.56 Å². The summed E-state index contributed by atoms with van der Waals surface area (Å²) in [6.07, 6.45) is 2.71. The summed E-state index contributed by atoms with van der Waals surface area (Å²) in [6.45, 7) is 4.81. The first-order chi connectivity index (χ1) is 9.76. The van der Waals surface area contributed by atoms with Gasteiger partial charge in [-0.05, 0) is 48.6 Å². The molecular formula is C15H18N2O2S. The second-order valence-electron chi connectivity index (χ2n) is 4.50. The minimum atomic E-state index is -0.00880. The Balaban J connectivity index is 2.14. The minimum absolute atomic E-state index is 0.00880. The van der Waals surface area contributed by atoms with E-state index in [1.807, 2.05) is 12.1 Å². The van der Waals surface area contributed by atoms with Gasteiger partial charge in [0.1, 0.15) is 10.6 Å². The highest BCUT2D eigenvalue weighted by molar-refractivity contribution is 7.08. The third-order valence-electron chi connectivity index (χ3n) is 2.84. The zero-order valence-corrected chi connectivity index (χ0v) is 12.6. The molecule has 0 radical (unpaired) electrons. The van der Waals surface area contributed by atoms with E-state index in [2.05, 4.69) is 23.4 Å². The second-order valence-corrected chi connectivity index (χ2v) is 5.25. The predicted octanol–water partition coefficient (Wildman–Crippen LogP) is 3.51. The van der Waals surface area contributed by atoms with Gasteiger partial charge in [-0.15, -0.1) is 5.10 Å². The Morgan fingerprint density at radius 1 is 1.20 bits per heavy atom. The lowest BCUT2D eigenvalue weighted by Crippen LogP contribution is -2.03. The molecule has 0 unspecified atom stereocenters. The van der Waals surface area contributed by atoms with Crippen molar-refractivity contribution >= 4 is 17.3 Å². The van der Waals surface area contributed by atoms with Crippen molar-refractivity contribution in [2.75, 3.05) is 6.61 Å². The fourth-order valence-corrected chi connectivity index (χ4v) is 2.51. The molecule has 2 aromatic rings. The summed E-state index contributed by atoms with van der Waals surface area (Å²) in [6, 6.07) is 7.25. The number of carbonyl (C=O) groups excluding carboxylic acids is 1. The van der Waals surface area contributed by atoms with Gasteiger partial charge < -0.3 is 4.74 Å². The van der Waals surface area contributed by atoms with E-state index in [0.717, 1.165) is 30.7 Å². The maximum atomic E-state index is 12.4. The number of carbonyl (C=O) groups is 1. The summed E-state index contributed by atoms with van der Waals surface area (Å²) in [5.41, 5.74) is 1.45. The summed E-state index contributed by atoms with van der Waals surface area (Å²) in [5, 5.41) is 4.03. The maximum absolute atomic E-state index is 12.4. The van der Waals surface area contributed by atoms with E-state index >= 15 is 0 Å². The standard InChI is InChI=1S/C15H18N2O2S/c1-3-5-13-15(20-17-16-13)14(18)11-6-8-12(9-7-11)19-10-4-2/h6-9H,3-5,10H2,1-2H3. The van der Waals surface area contributed by atoms with Crippen LogP contribution in [0.4, 0.5) is 0 Å². The van der Waals surface area contributed by atoms with Crippen LogP contribution in [0.1, 0.15) is 47.6 Å². The summed E-state index contributed by atoms with van der Waals surface area (Å²) < 4.78 is 9.40. The molecule has 0 spiro atoms. The smallest absolute Gasteiger partial charge is 0.206 e. The van der Waals surface area contributed by atoms with Crippen LogP contribution in [0.15, 0.2) is 24.3 Å². The Labute approximate surface area is 123 Å². The molecule has 1 heterocycles. The average molecular weight is 290 g/mol. The Hall–Kier alpha value is -1.75. The zero-order chi connectivity index (χ0) is 14.4. The number of ether oxygens (including phenoxy) is 1. The number of rotatable bonds is 7. The number of aryl methyl sites for hydroxylation is 1. The number of benzene rings is 1. The quantitative estimate of drug-likeness (QED) is 0.732. The Bertz CT molecular complexity index is 564. The van der Waals surface area contributed by atoms with Crippen LogP contribution < -0.4 is 4.74 Å². The highest BCUT2D eigenvalue weighted by Gasteiger charge is 2.17. The first-order valence-corrected chi connectivity index (χ1v) is 7.62. The van der Waals surface area contributed by atoms with Gasteiger partial charge in [0.25, 0.3) is 0 Å². The first kappa shape index (κ1) is 14.7. The van der Waals surface area contributed by atoms with Crippen LogP contribution in [-0.4, -0.2) is 22.0 Å². The molecule has 0 aliphatic heterocycles. The van der Waals surface area contributed by atoms with Crippen molar-refractivity contribution in [3.05, 3.63) is 40.4 Å². The molecule has 5 heteroatoms. The van der Waals surface area contributed by atoms with Crippen LogP contribution in [0.25, 0.3) is 0 Å². The summed E-state index contributed by atoms with van der Waals surface area (Å²) >= 11 is 1.17. The Kier molecular flexibility index (Phi) is 5.24. The summed E-state index contributed by atoms with van der Waals surface area (Å²) in [5.74, 6) is 0.783. The van der Waals surface area contributed by atoms with Crippen LogP contribution in [0.3, 0.4) is 0 Å². The van der Waals surface area contributed by atoms with Crippen LogP contribution >= 0.6 is 11.5 Å². The zero-order valence-electron chi connectivity index (χ0n) is 11.8. The molecule has 0 saturated heterocycles. The largest absolute Gasteiger partial charge is 0.494 e. The first-order valence-electron chi connectivity index (χ1n) is 6.85. The van der Waals surface area contributed by atoms with Crippen LogP contribution in [0.2, 0.25) is 0 Å². The lowest BCUT2D eigenvalue weighted by molar-refractivity contribution is 0.104. The molecule has 106 valence electrons. The van der Waals surface area contributed by atoms with E-state index in [0.29, 0.717) is 17.0 Å². The maximum Gasteiger partial charge on any atom is 0.206 e. The summed E-state index contributed by atoms with van der Waals surface area (Å²) in [4.78, 5) is 13.1. The minimum Gasteiger partial charge on any atom is -0.494 e. The van der Waals surface area contributed by atoms with Crippen molar-refractivity contribution in [2.24, 2.45) is 0 Å². The van der Waals surface area contributed by atoms with E-state index in [4.69, 9.17) is 4.74 Å². The van der Waals surface area contributed by atoms with Crippen molar-refractivity contribution in [1.29, 1.82) is 0 Å². The van der Waals surface area contributed by atoms with E-state index in [9.17, 15) is 4.79 Å². The van der Waals surface area contributed by atoms with Gasteiger partial charge in [-0.1, -0.05) is 24.8 Å². The van der Waals surface area contributed by atoms with E-state index in [-0.39, 0.29) is 5.78 Å². The van der Waals surface area contributed by atoms with Gasteiger partial charge in [0.05, 0.1) is 12.3 Å². The van der Waals surface area contributed by atoms with Crippen molar-refractivity contribution in [3.8, 4) is 5.75 Å². The third-order valence-corrected chi connectivity index (χ3v) is 3.61. The normalized spacial score (nSPS) is 10.5. The third kappa shape index (κ3) is 3.42. The molecule has 0 fully saturated rings. The Morgan fingerprint density at radius 2 is 1.95 bits per heavy atom. The van der Waals surface area contributed by atoms with Crippen molar-refractivity contribution in [2.45, 2.75) is 33.1 Å². The van der Waals surface area contributed by atoms with Crippen molar-refractivity contribution in [1.82, 2.24) is 9.59 Å². The molecule has 2 rings (SSSR count). The molecule has 0 N–H and O–H groups in total. The predicted molar refractivity (Wildman–Crippen MR) is 79.6 cm³/mol. The van der Waals surface area contributed by atoms with Gasteiger partial charge in [0.2, 0.25) is 5.78 Å². The van der Waals surface area contributed by atoms with Crippen LogP contribution in [-0.2, 0) is 6.42 Å². The second kappa shape index (κ2) is 7.14. The lowest BCUT2D eigenvalue weighted by atomic mass is 10.1. The fourth-order valence-electron chi connectivity index (χ4n) is 1.84. The average Bonchev–Trinajstić information content (AvgIpc) is 2.93. The van der Waals surface area contributed by atoms with E-state index in [1.54, 1.807) is 12.1 Å². The lowest BCUT2D eigenvalue weighted by Gasteiger charge is -2.05. The van der Waals surface area contributed by atoms with Gasteiger partial charge >= 0.3 is 0 Å². The molecule has 0 aliphatic carbocycles. The number of hydrogen-bond donors (Lipinski definition) is 0. The van der Waals surface area contributed by atoms with Crippen LogP contribution in [0.5, 0.6) is 5.75 Å². The monoisotopic (exact) mass is 290 g/mol. The van der Waals surface area contributed by atoms with Gasteiger partial charge in [-0.25, -0.2) is 0 Å². The molecule has 20 heavy (non-hydrogen) atoms. The number of aromatic nitrogens is 2. The molecule has 4 nitrogen and oxygen atoms in total.